The topological polar surface area (TPSA) is 52.7 Å². The standard InChI is InChI=1S/C19H21ClFN3O2/c1-23(11-14-6-5-7-15(21)10-14)13-19(26)24(2)12-18(25)22-17-9-4-3-8-16(17)20/h3-10H,11-13H2,1-2H3,(H,22,25). The van der Waals surface area contributed by atoms with E-state index in [0.29, 0.717) is 17.3 Å². The van der Waals surface area contributed by atoms with Gasteiger partial charge in [0, 0.05) is 13.6 Å². The van der Waals surface area contributed by atoms with Crippen molar-refractivity contribution in [2.75, 3.05) is 32.5 Å². The van der Waals surface area contributed by atoms with E-state index in [1.807, 2.05) is 0 Å². The molecule has 0 aliphatic heterocycles. The molecule has 0 saturated carbocycles. The predicted molar refractivity (Wildman–Crippen MR) is 100 cm³/mol. The van der Waals surface area contributed by atoms with E-state index in [4.69, 9.17) is 11.6 Å². The minimum absolute atomic E-state index is 0.0855. The first kappa shape index (κ1) is 19.9. The quantitative estimate of drug-likeness (QED) is 0.807. The maximum atomic E-state index is 13.2. The summed E-state index contributed by atoms with van der Waals surface area (Å²) in [5.41, 5.74) is 1.28. The third-order valence-electron chi connectivity index (χ3n) is 3.70. The van der Waals surface area contributed by atoms with Gasteiger partial charge in [-0.2, -0.15) is 0 Å². The van der Waals surface area contributed by atoms with Gasteiger partial charge in [-0.05, 0) is 36.9 Å². The Morgan fingerprint density at radius 3 is 2.50 bits per heavy atom. The van der Waals surface area contributed by atoms with E-state index in [2.05, 4.69) is 5.32 Å². The van der Waals surface area contributed by atoms with Gasteiger partial charge in [0.25, 0.3) is 0 Å². The van der Waals surface area contributed by atoms with Crippen LogP contribution in [-0.4, -0.2) is 48.8 Å². The maximum Gasteiger partial charge on any atom is 0.244 e. The zero-order chi connectivity index (χ0) is 19.1. The van der Waals surface area contributed by atoms with Crippen LogP contribution < -0.4 is 5.32 Å². The van der Waals surface area contributed by atoms with E-state index in [1.54, 1.807) is 55.4 Å². The van der Waals surface area contributed by atoms with Gasteiger partial charge in [0.05, 0.1) is 23.8 Å². The first-order valence-corrected chi connectivity index (χ1v) is 8.44. The molecule has 5 nitrogen and oxygen atoms in total. The van der Waals surface area contributed by atoms with Crippen molar-refractivity contribution in [1.29, 1.82) is 0 Å². The van der Waals surface area contributed by atoms with Gasteiger partial charge in [0.1, 0.15) is 5.82 Å². The van der Waals surface area contributed by atoms with Crippen LogP contribution in [0.5, 0.6) is 0 Å². The van der Waals surface area contributed by atoms with E-state index in [0.717, 1.165) is 5.56 Å². The molecule has 7 heteroatoms. The van der Waals surface area contributed by atoms with E-state index in [9.17, 15) is 14.0 Å². The summed E-state index contributed by atoms with van der Waals surface area (Å²) in [4.78, 5) is 27.4. The lowest BCUT2D eigenvalue weighted by Gasteiger charge is -2.21. The molecule has 0 heterocycles. The molecule has 0 bridgehead atoms. The number of hydrogen-bond donors (Lipinski definition) is 1. The van der Waals surface area contributed by atoms with Gasteiger partial charge in [-0.25, -0.2) is 4.39 Å². The first-order chi connectivity index (χ1) is 12.3. The molecule has 2 aromatic rings. The fourth-order valence-corrected chi connectivity index (χ4v) is 2.59. The number of nitrogens with zero attached hydrogens (tertiary/aromatic N) is 2. The van der Waals surface area contributed by atoms with Crippen LogP contribution in [0.3, 0.4) is 0 Å². The van der Waals surface area contributed by atoms with Crippen molar-refractivity contribution in [3.63, 3.8) is 0 Å². The van der Waals surface area contributed by atoms with Crippen LogP contribution in [0.4, 0.5) is 10.1 Å². The minimum atomic E-state index is -0.332. The van der Waals surface area contributed by atoms with Crippen molar-refractivity contribution in [1.82, 2.24) is 9.80 Å². The van der Waals surface area contributed by atoms with Crippen LogP contribution >= 0.6 is 11.6 Å². The van der Waals surface area contributed by atoms with Crippen LogP contribution in [0.15, 0.2) is 48.5 Å². The van der Waals surface area contributed by atoms with Crippen molar-refractivity contribution in [3.8, 4) is 0 Å². The summed E-state index contributed by atoms with van der Waals surface area (Å²) in [5, 5.41) is 3.11. The smallest absolute Gasteiger partial charge is 0.244 e. The van der Waals surface area contributed by atoms with Crippen molar-refractivity contribution < 1.29 is 14.0 Å². The molecular weight excluding hydrogens is 357 g/mol. The zero-order valence-electron chi connectivity index (χ0n) is 14.7. The summed E-state index contributed by atoms with van der Waals surface area (Å²) in [5.74, 6) is -0.851. The summed E-state index contributed by atoms with van der Waals surface area (Å²) in [6.45, 7) is 0.466. The Morgan fingerprint density at radius 2 is 1.81 bits per heavy atom. The number of para-hydroxylation sites is 1. The summed E-state index contributed by atoms with van der Waals surface area (Å²) >= 11 is 6.00. The fourth-order valence-electron chi connectivity index (χ4n) is 2.41. The third-order valence-corrected chi connectivity index (χ3v) is 4.03. The minimum Gasteiger partial charge on any atom is -0.335 e. The van der Waals surface area contributed by atoms with Crippen LogP contribution in [0.1, 0.15) is 5.56 Å². The molecule has 0 spiro atoms. The molecule has 2 aromatic carbocycles. The SMILES string of the molecule is CN(CC(=O)N(C)CC(=O)Nc1ccccc1Cl)Cc1cccc(F)c1. The predicted octanol–water partition coefficient (Wildman–Crippen LogP) is 3.01. The molecule has 0 aliphatic carbocycles. The Labute approximate surface area is 157 Å². The number of amides is 2. The molecular formula is C19H21ClFN3O2. The molecule has 0 unspecified atom stereocenters. The largest absolute Gasteiger partial charge is 0.335 e. The van der Waals surface area contributed by atoms with E-state index < -0.39 is 0 Å². The Hall–Kier alpha value is -2.44. The summed E-state index contributed by atoms with van der Waals surface area (Å²) in [7, 11) is 3.32. The van der Waals surface area contributed by atoms with Crippen LogP contribution in [-0.2, 0) is 16.1 Å². The van der Waals surface area contributed by atoms with Gasteiger partial charge >= 0.3 is 0 Å². The number of hydrogen-bond acceptors (Lipinski definition) is 3. The Bertz CT molecular complexity index is 785. The highest BCUT2D eigenvalue weighted by Gasteiger charge is 2.16. The second-order valence-corrected chi connectivity index (χ2v) is 6.49. The maximum absolute atomic E-state index is 13.2. The lowest BCUT2D eigenvalue weighted by atomic mass is 10.2. The molecule has 0 aliphatic rings. The van der Waals surface area contributed by atoms with Crippen LogP contribution in [0.25, 0.3) is 0 Å². The number of carbonyl (C=O) groups excluding carboxylic acids is 2. The van der Waals surface area contributed by atoms with Gasteiger partial charge in [-0.3, -0.25) is 14.5 Å². The highest BCUT2D eigenvalue weighted by molar-refractivity contribution is 6.33. The molecule has 2 rings (SSSR count). The van der Waals surface area contributed by atoms with Crippen molar-refractivity contribution >= 4 is 29.1 Å². The second-order valence-electron chi connectivity index (χ2n) is 6.08. The summed E-state index contributed by atoms with van der Waals surface area (Å²) in [6.07, 6.45) is 0. The molecule has 0 aromatic heterocycles. The number of nitrogens with one attached hydrogen (secondary N) is 1. The first-order valence-electron chi connectivity index (χ1n) is 8.06. The summed E-state index contributed by atoms with van der Waals surface area (Å²) in [6, 6.07) is 13.1. The van der Waals surface area contributed by atoms with Crippen molar-refractivity contribution in [2.24, 2.45) is 0 Å². The van der Waals surface area contributed by atoms with Gasteiger partial charge in [-0.15, -0.1) is 0 Å². The van der Waals surface area contributed by atoms with E-state index in [1.165, 1.54) is 17.0 Å². The average Bonchev–Trinajstić information content (AvgIpc) is 2.56. The monoisotopic (exact) mass is 377 g/mol. The zero-order valence-corrected chi connectivity index (χ0v) is 15.5. The number of rotatable bonds is 7. The van der Waals surface area contributed by atoms with Crippen LogP contribution in [0, 0.1) is 5.82 Å². The second kappa shape index (κ2) is 9.31. The van der Waals surface area contributed by atoms with E-state index in [-0.39, 0.29) is 30.7 Å². The highest BCUT2D eigenvalue weighted by atomic mass is 35.5. The molecule has 26 heavy (non-hydrogen) atoms. The fraction of sp³-hybridized carbons (Fsp3) is 0.263. The molecule has 1 N–H and O–H groups in total. The molecule has 0 fully saturated rings. The third kappa shape index (κ3) is 6.13. The number of anilines is 1. The Balaban J connectivity index is 1.82. The highest BCUT2D eigenvalue weighted by Crippen LogP contribution is 2.20. The van der Waals surface area contributed by atoms with Crippen molar-refractivity contribution in [2.45, 2.75) is 6.54 Å². The molecule has 0 atom stereocenters. The average molecular weight is 378 g/mol. The van der Waals surface area contributed by atoms with Gasteiger partial charge < -0.3 is 10.2 Å². The number of halogens is 2. The van der Waals surface area contributed by atoms with Crippen molar-refractivity contribution in [3.05, 3.63) is 64.9 Å². The Kier molecular flexibility index (Phi) is 7.12. The number of likely N-dealkylation sites (N-methyl/N-ethyl adjacent to an activating group) is 2. The molecule has 2 amide bonds. The lowest BCUT2D eigenvalue weighted by Crippen LogP contribution is -2.40. The Morgan fingerprint density at radius 1 is 1.08 bits per heavy atom. The van der Waals surface area contributed by atoms with Gasteiger partial charge in [-0.1, -0.05) is 35.9 Å². The summed E-state index contributed by atoms with van der Waals surface area (Å²) < 4.78 is 13.2. The van der Waals surface area contributed by atoms with E-state index >= 15 is 0 Å². The normalized spacial score (nSPS) is 10.7. The van der Waals surface area contributed by atoms with Crippen LogP contribution in [0.2, 0.25) is 5.02 Å². The molecule has 0 saturated heterocycles. The number of benzene rings is 2. The molecule has 0 radical (unpaired) electrons. The number of carbonyl (C=O) groups is 2. The van der Waals surface area contributed by atoms with Gasteiger partial charge in [0.2, 0.25) is 11.8 Å². The van der Waals surface area contributed by atoms with Gasteiger partial charge in [0.15, 0.2) is 0 Å². The lowest BCUT2D eigenvalue weighted by molar-refractivity contribution is -0.134. The molecule has 138 valence electrons.